The first kappa shape index (κ1) is 21.2. The number of benzene rings is 1. The molecule has 164 valence electrons. The zero-order valence-electron chi connectivity index (χ0n) is 16.8. The Kier molecular flexibility index (Phi) is 5.68. The Balaban J connectivity index is 1.62. The van der Waals surface area contributed by atoms with Crippen LogP contribution in [0.1, 0.15) is 27.2 Å². The molecule has 1 aromatic carbocycles. The van der Waals surface area contributed by atoms with E-state index in [0.29, 0.717) is 11.4 Å². The van der Waals surface area contributed by atoms with Gasteiger partial charge >= 0.3 is 0 Å². The monoisotopic (exact) mass is 443 g/mol. The largest absolute Gasteiger partial charge is 0.494 e. The molecule has 3 heterocycles. The van der Waals surface area contributed by atoms with Crippen molar-refractivity contribution in [3.05, 3.63) is 65.0 Å². The Morgan fingerprint density at radius 3 is 2.78 bits per heavy atom. The Morgan fingerprint density at radius 1 is 1.31 bits per heavy atom. The zero-order chi connectivity index (χ0) is 22.8. The molecule has 0 spiro atoms. The van der Waals surface area contributed by atoms with Gasteiger partial charge in [0, 0.05) is 24.4 Å². The Bertz CT molecular complexity index is 1200. The van der Waals surface area contributed by atoms with E-state index in [1.54, 1.807) is 6.20 Å². The molecule has 1 aliphatic heterocycles. The highest BCUT2D eigenvalue weighted by Crippen LogP contribution is 2.35. The molecule has 8 nitrogen and oxygen atoms in total. The molecular weight excluding hydrogens is 427 g/mol. The second-order valence-corrected chi connectivity index (χ2v) is 6.90. The fourth-order valence-electron chi connectivity index (χ4n) is 3.45. The molecule has 0 N–H and O–H groups in total. The highest BCUT2D eigenvalue weighted by molar-refractivity contribution is 6.00. The molecule has 11 heteroatoms. The smallest absolute Gasteiger partial charge is 0.272 e. The van der Waals surface area contributed by atoms with Crippen molar-refractivity contribution in [3.8, 4) is 23.3 Å². The average Bonchev–Trinajstić information content (AvgIpc) is 3.36. The number of alkyl halides is 2. The minimum Gasteiger partial charge on any atom is -0.494 e. The van der Waals surface area contributed by atoms with Gasteiger partial charge in [-0.3, -0.25) is 9.78 Å². The van der Waals surface area contributed by atoms with E-state index in [0.717, 1.165) is 11.8 Å². The van der Waals surface area contributed by atoms with Crippen LogP contribution in [0.2, 0.25) is 0 Å². The standard InChI is InChI=1S/C21H16F3N5O3/c1-31-20-12(5-25)2-3-17(32-11-18(23)24)19(20)21(30)28-8-13-9-29(27-16(13)10-28)15-4-14(22)6-26-7-15/h2-4,6-7,9,18H,8,10-11H2,1H3. The summed E-state index contributed by atoms with van der Waals surface area (Å²) in [6.07, 6.45) is 1.46. The molecule has 4 rings (SSSR count). The summed E-state index contributed by atoms with van der Waals surface area (Å²) < 4.78 is 50.6. The normalized spacial score (nSPS) is 12.6. The third-order valence-electron chi connectivity index (χ3n) is 4.84. The molecule has 1 amide bonds. The van der Waals surface area contributed by atoms with E-state index in [1.807, 2.05) is 6.07 Å². The van der Waals surface area contributed by atoms with E-state index in [1.165, 1.54) is 41.1 Å². The number of rotatable bonds is 6. The van der Waals surface area contributed by atoms with Crippen LogP contribution < -0.4 is 9.47 Å². The number of nitriles is 1. The molecule has 2 aromatic heterocycles. The second kappa shape index (κ2) is 8.58. The quantitative estimate of drug-likeness (QED) is 0.581. The van der Waals surface area contributed by atoms with Gasteiger partial charge in [0.05, 0.1) is 43.0 Å². The van der Waals surface area contributed by atoms with Gasteiger partial charge in [-0.25, -0.2) is 17.9 Å². The van der Waals surface area contributed by atoms with Gasteiger partial charge in [0.2, 0.25) is 0 Å². The van der Waals surface area contributed by atoms with E-state index in [9.17, 15) is 23.2 Å². The number of pyridine rings is 1. The van der Waals surface area contributed by atoms with Gasteiger partial charge in [-0.1, -0.05) is 0 Å². The SMILES string of the molecule is COc1c(C#N)ccc(OCC(F)F)c1C(=O)N1Cc2cn(-c3cncc(F)c3)nc2C1. The van der Waals surface area contributed by atoms with Crippen LogP contribution in [0.4, 0.5) is 13.2 Å². The number of carbonyl (C=O) groups is 1. The molecule has 0 saturated heterocycles. The summed E-state index contributed by atoms with van der Waals surface area (Å²) in [5.74, 6) is -1.22. The van der Waals surface area contributed by atoms with Crippen LogP contribution in [0.5, 0.6) is 11.5 Å². The van der Waals surface area contributed by atoms with Crippen molar-refractivity contribution in [2.75, 3.05) is 13.7 Å². The van der Waals surface area contributed by atoms with Crippen LogP contribution in [-0.4, -0.2) is 45.7 Å². The zero-order valence-corrected chi connectivity index (χ0v) is 16.8. The van der Waals surface area contributed by atoms with Crippen molar-refractivity contribution in [1.29, 1.82) is 5.26 Å². The third-order valence-corrected chi connectivity index (χ3v) is 4.84. The van der Waals surface area contributed by atoms with Crippen molar-refractivity contribution >= 4 is 5.91 Å². The van der Waals surface area contributed by atoms with Crippen LogP contribution >= 0.6 is 0 Å². The van der Waals surface area contributed by atoms with E-state index in [-0.39, 0.29) is 35.7 Å². The number of fused-ring (bicyclic) bond motifs is 1. The summed E-state index contributed by atoms with van der Waals surface area (Å²) in [6, 6.07) is 5.83. The average molecular weight is 443 g/mol. The molecule has 32 heavy (non-hydrogen) atoms. The fourth-order valence-corrected chi connectivity index (χ4v) is 3.45. The molecule has 0 aliphatic carbocycles. The predicted octanol–water partition coefficient (Wildman–Crippen LogP) is 3.09. The highest BCUT2D eigenvalue weighted by Gasteiger charge is 2.32. The van der Waals surface area contributed by atoms with Crippen LogP contribution in [0.15, 0.2) is 36.8 Å². The van der Waals surface area contributed by atoms with Crippen molar-refractivity contribution in [2.24, 2.45) is 0 Å². The van der Waals surface area contributed by atoms with Crippen LogP contribution in [0.25, 0.3) is 5.69 Å². The number of nitrogens with zero attached hydrogens (tertiary/aromatic N) is 5. The summed E-state index contributed by atoms with van der Waals surface area (Å²) in [5.41, 5.74) is 1.71. The van der Waals surface area contributed by atoms with Gasteiger partial charge in [-0.15, -0.1) is 0 Å². The molecule has 0 fully saturated rings. The Hall–Kier alpha value is -4.07. The predicted molar refractivity (Wildman–Crippen MR) is 104 cm³/mol. The summed E-state index contributed by atoms with van der Waals surface area (Å²) in [5, 5.41) is 13.7. The summed E-state index contributed by atoms with van der Waals surface area (Å²) in [4.78, 5) is 18.5. The first-order valence-corrected chi connectivity index (χ1v) is 9.41. The van der Waals surface area contributed by atoms with Crippen molar-refractivity contribution in [3.63, 3.8) is 0 Å². The van der Waals surface area contributed by atoms with Gasteiger partial charge in [0.1, 0.15) is 29.8 Å². The van der Waals surface area contributed by atoms with E-state index in [2.05, 4.69) is 10.1 Å². The van der Waals surface area contributed by atoms with Crippen molar-refractivity contribution in [2.45, 2.75) is 19.5 Å². The Morgan fingerprint density at radius 2 is 2.12 bits per heavy atom. The first-order valence-electron chi connectivity index (χ1n) is 9.41. The van der Waals surface area contributed by atoms with E-state index in [4.69, 9.17) is 9.47 Å². The van der Waals surface area contributed by atoms with Gasteiger partial charge < -0.3 is 14.4 Å². The lowest BCUT2D eigenvalue weighted by molar-refractivity contribution is 0.0703. The van der Waals surface area contributed by atoms with Gasteiger partial charge in [-0.2, -0.15) is 10.4 Å². The maximum atomic E-state index is 13.4. The molecule has 0 bridgehead atoms. The molecule has 0 radical (unpaired) electrons. The molecule has 1 aliphatic rings. The van der Waals surface area contributed by atoms with Gasteiger partial charge in [0.15, 0.2) is 5.75 Å². The summed E-state index contributed by atoms with van der Waals surface area (Å²) >= 11 is 0. The number of halogens is 3. The number of hydrogen-bond donors (Lipinski definition) is 0. The van der Waals surface area contributed by atoms with Gasteiger partial charge in [0.25, 0.3) is 12.3 Å². The van der Waals surface area contributed by atoms with Gasteiger partial charge in [-0.05, 0) is 12.1 Å². The molecule has 0 unspecified atom stereocenters. The van der Waals surface area contributed by atoms with E-state index >= 15 is 0 Å². The molecule has 0 atom stereocenters. The minimum absolute atomic E-state index is 0.0512. The lowest BCUT2D eigenvalue weighted by atomic mass is 10.1. The summed E-state index contributed by atoms with van der Waals surface area (Å²) in [6.45, 7) is -0.618. The van der Waals surface area contributed by atoms with Crippen molar-refractivity contribution in [1.82, 2.24) is 19.7 Å². The number of carbonyl (C=O) groups excluding carboxylic acids is 1. The number of amides is 1. The molecule has 3 aromatic rings. The van der Waals surface area contributed by atoms with Crippen LogP contribution in [0.3, 0.4) is 0 Å². The highest BCUT2D eigenvalue weighted by atomic mass is 19.3. The minimum atomic E-state index is -2.74. The first-order chi connectivity index (χ1) is 15.4. The molecule has 0 saturated carbocycles. The van der Waals surface area contributed by atoms with Crippen molar-refractivity contribution < 1.29 is 27.4 Å². The van der Waals surface area contributed by atoms with Crippen LogP contribution in [0, 0.1) is 17.1 Å². The third kappa shape index (κ3) is 3.94. The topological polar surface area (TPSA) is 93.3 Å². The summed E-state index contributed by atoms with van der Waals surface area (Å²) in [7, 11) is 1.28. The number of ether oxygens (including phenoxy) is 2. The second-order valence-electron chi connectivity index (χ2n) is 6.90. The lowest BCUT2D eigenvalue weighted by Crippen LogP contribution is -2.27. The number of aromatic nitrogens is 3. The number of methoxy groups -OCH3 is 1. The molecular formula is C21H16F3N5O3. The van der Waals surface area contributed by atoms with E-state index < -0.39 is 24.8 Å². The Labute approximate surface area is 180 Å². The van der Waals surface area contributed by atoms with Crippen LogP contribution in [-0.2, 0) is 13.1 Å². The number of hydrogen-bond acceptors (Lipinski definition) is 6. The maximum Gasteiger partial charge on any atom is 0.272 e. The lowest BCUT2D eigenvalue weighted by Gasteiger charge is -2.20. The maximum absolute atomic E-state index is 13.4. The fraction of sp³-hybridized carbons (Fsp3) is 0.238.